The molecule has 0 fully saturated rings. The molecule has 3 N–H and O–H groups in total. The third-order valence-electron chi connectivity index (χ3n) is 4.20. The molecule has 0 radical (unpaired) electrons. The molecule has 2 amide bonds. The quantitative estimate of drug-likeness (QED) is 0.859. The highest BCUT2D eigenvalue weighted by Crippen LogP contribution is 2.37. The number of anilines is 1. The molecule has 1 aliphatic heterocycles. The fourth-order valence-corrected chi connectivity index (χ4v) is 4.37. The van der Waals surface area contributed by atoms with Gasteiger partial charge in [0.15, 0.2) is 0 Å². The monoisotopic (exact) mass is 347 g/mol. The van der Waals surface area contributed by atoms with E-state index in [1.165, 1.54) is 16.0 Å². The van der Waals surface area contributed by atoms with E-state index in [4.69, 9.17) is 5.73 Å². The van der Waals surface area contributed by atoms with Crippen LogP contribution < -0.4 is 11.1 Å². The molecule has 8 heteroatoms. The number of primary amides is 1. The van der Waals surface area contributed by atoms with Gasteiger partial charge in [0.05, 0.1) is 5.56 Å². The zero-order valence-corrected chi connectivity index (χ0v) is 14.7. The lowest BCUT2D eigenvalue weighted by atomic mass is 10.0. The minimum atomic E-state index is -0.489. The first-order chi connectivity index (χ1) is 11.5. The predicted octanol–water partition coefficient (Wildman–Crippen LogP) is 1.60. The van der Waals surface area contributed by atoms with Crippen LogP contribution in [0.25, 0.3) is 0 Å². The number of carbonyl (C=O) groups is 2. The summed E-state index contributed by atoms with van der Waals surface area (Å²) in [6.45, 7) is 4.89. The summed E-state index contributed by atoms with van der Waals surface area (Å²) in [6.07, 6.45) is 3.44. The Balaban J connectivity index is 1.90. The first-order valence-corrected chi connectivity index (χ1v) is 8.79. The van der Waals surface area contributed by atoms with Gasteiger partial charge in [-0.05, 0) is 31.0 Å². The van der Waals surface area contributed by atoms with Crippen molar-refractivity contribution in [3.63, 3.8) is 0 Å². The second-order valence-electron chi connectivity index (χ2n) is 5.89. The van der Waals surface area contributed by atoms with Crippen LogP contribution in [0.15, 0.2) is 12.3 Å². The van der Waals surface area contributed by atoms with Gasteiger partial charge in [0, 0.05) is 31.2 Å². The van der Waals surface area contributed by atoms with E-state index < -0.39 is 5.91 Å². The highest BCUT2D eigenvalue weighted by Gasteiger charge is 2.27. The standard InChI is InChI=1S/C16H21N5O2S/c1-3-7-21-8-5-10-12(9-21)24-16(13(10)14(17)22)19-15(23)11-4-6-18-20(11)2/h4,6H,3,5,7-9H2,1-2H3,(H2,17,22)(H,19,23). The summed E-state index contributed by atoms with van der Waals surface area (Å²) < 4.78 is 1.50. The number of carbonyl (C=O) groups excluding carboxylic acids is 2. The van der Waals surface area contributed by atoms with Crippen molar-refractivity contribution in [1.82, 2.24) is 14.7 Å². The number of rotatable bonds is 5. The van der Waals surface area contributed by atoms with Crippen molar-refractivity contribution in [3.8, 4) is 0 Å². The summed E-state index contributed by atoms with van der Waals surface area (Å²) in [7, 11) is 1.70. The van der Waals surface area contributed by atoms with Crippen LogP contribution in [0.3, 0.4) is 0 Å². The lowest BCUT2D eigenvalue weighted by Crippen LogP contribution is -2.31. The molecule has 0 aromatic carbocycles. The Bertz CT molecular complexity index is 780. The molecule has 3 heterocycles. The molecule has 2 aromatic heterocycles. The van der Waals surface area contributed by atoms with Crippen LogP contribution >= 0.6 is 11.3 Å². The van der Waals surface area contributed by atoms with Gasteiger partial charge in [-0.2, -0.15) is 5.10 Å². The molecule has 0 bridgehead atoms. The van der Waals surface area contributed by atoms with E-state index >= 15 is 0 Å². The van der Waals surface area contributed by atoms with E-state index in [1.807, 2.05) is 0 Å². The van der Waals surface area contributed by atoms with Crippen LogP contribution in [0.4, 0.5) is 5.00 Å². The third-order valence-corrected chi connectivity index (χ3v) is 5.33. The van der Waals surface area contributed by atoms with Gasteiger partial charge in [-0.15, -0.1) is 11.3 Å². The van der Waals surface area contributed by atoms with Crippen molar-refractivity contribution in [3.05, 3.63) is 34.0 Å². The molecule has 2 aromatic rings. The Morgan fingerprint density at radius 2 is 2.25 bits per heavy atom. The van der Waals surface area contributed by atoms with E-state index in [0.29, 0.717) is 16.3 Å². The van der Waals surface area contributed by atoms with Gasteiger partial charge in [-0.1, -0.05) is 6.92 Å². The van der Waals surface area contributed by atoms with Crippen LogP contribution in [0, 0.1) is 0 Å². The maximum Gasteiger partial charge on any atom is 0.274 e. The Morgan fingerprint density at radius 3 is 2.88 bits per heavy atom. The predicted molar refractivity (Wildman–Crippen MR) is 93.3 cm³/mol. The number of nitrogens with two attached hydrogens (primary N) is 1. The number of fused-ring (bicyclic) bond motifs is 1. The van der Waals surface area contributed by atoms with Crippen LogP contribution in [0.2, 0.25) is 0 Å². The van der Waals surface area contributed by atoms with Gasteiger partial charge < -0.3 is 11.1 Å². The van der Waals surface area contributed by atoms with Gasteiger partial charge >= 0.3 is 0 Å². The Morgan fingerprint density at radius 1 is 1.46 bits per heavy atom. The molecule has 128 valence electrons. The number of thiophene rings is 1. The SMILES string of the molecule is CCCN1CCc2c(sc(NC(=O)c3ccnn3C)c2C(N)=O)C1. The first kappa shape index (κ1) is 16.7. The summed E-state index contributed by atoms with van der Waals surface area (Å²) in [5.74, 6) is -0.779. The largest absolute Gasteiger partial charge is 0.365 e. The summed E-state index contributed by atoms with van der Waals surface area (Å²) in [5.41, 5.74) is 7.47. The van der Waals surface area contributed by atoms with E-state index in [2.05, 4.69) is 22.2 Å². The lowest BCUT2D eigenvalue weighted by Gasteiger charge is -2.26. The van der Waals surface area contributed by atoms with Gasteiger partial charge in [-0.25, -0.2) is 0 Å². The number of nitrogens with one attached hydrogen (secondary N) is 1. The molecule has 0 spiro atoms. The second-order valence-corrected chi connectivity index (χ2v) is 7.00. The maximum atomic E-state index is 12.4. The number of amides is 2. The smallest absolute Gasteiger partial charge is 0.274 e. The van der Waals surface area contributed by atoms with Crippen LogP contribution in [0.5, 0.6) is 0 Å². The number of aromatic nitrogens is 2. The summed E-state index contributed by atoms with van der Waals surface area (Å²) in [6, 6.07) is 1.63. The number of aryl methyl sites for hydroxylation is 1. The van der Waals surface area contributed by atoms with Gasteiger partial charge in [0.25, 0.3) is 11.8 Å². The molecule has 1 aliphatic rings. The molecule has 7 nitrogen and oxygen atoms in total. The fraction of sp³-hybridized carbons (Fsp3) is 0.438. The molecule has 0 saturated carbocycles. The average molecular weight is 347 g/mol. The first-order valence-electron chi connectivity index (χ1n) is 7.97. The minimum absolute atomic E-state index is 0.290. The Kier molecular flexibility index (Phi) is 4.68. The molecular formula is C16H21N5O2S. The number of hydrogen-bond acceptors (Lipinski definition) is 5. The second kappa shape index (κ2) is 6.74. The lowest BCUT2D eigenvalue weighted by molar-refractivity contribution is 0.1000. The topological polar surface area (TPSA) is 93.2 Å². The molecule has 0 atom stereocenters. The normalized spacial score (nSPS) is 14.4. The molecule has 0 saturated heterocycles. The minimum Gasteiger partial charge on any atom is -0.365 e. The summed E-state index contributed by atoms with van der Waals surface area (Å²) in [5, 5.41) is 7.37. The van der Waals surface area contributed by atoms with Crippen molar-refractivity contribution >= 4 is 28.2 Å². The Hall–Kier alpha value is -2.19. The number of hydrogen-bond donors (Lipinski definition) is 2. The van der Waals surface area contributed by atoms with E-state index in [-0.39, 0.29) is 5.91 Å². The van der Waals surface area contributed by atoms with Crippen molar-refractivity contribution < 1.29 is 9.59 Å². The van der Waals surface area contributed by atoms with Gasteiger partial charge in [0.2, 0.25) is 0 Å². The van der Waals surface area contributed by atoms with Crippen LogP contribution in [-0.4, -0.2) is 39.6 Å². The molecule has 0 unspecified atom stereocenters. The fourth-order valence-electron chi connectivity index (χ4n) is 3.08. The average Bonchev–Trinajstić information content (AvgIpc) is 3.10. The summed E-state index contributed by atoms with van der Waals surface area (Å²) >= 11 is 1.45. The van der Waals surface area contributed by atoms with Crippen LogP contribution in [-0.2, 0) is 20.0 Å². The van der Waals surface area contributed by atoms with Crippen molar-refractivity contribution in [2.45, 2.75) is 26.3 Å². The van der Waals surface area contributed by atoms with Gasteiger partial charge in [-0.3, -0.25) is 19.2 Å². The maximum absolute atomic E-state index is 12.4. The van der Waals surface area contributed by atoms with Crippen molar-refractivity contribution in [2.75, 3.05) is 18.4 Å². The highest BCUT2D eigenvalue weighted by atomic mass is 32.1. The van der Waals surface area contributed by atoms with E-state index in [0.717, 1.165) is 42.9 Å². The summed E-state index contributed by atoms with van der Waals surface area (Å²) in [4.78, 5) is 27.8. The Labute approximate surface area is 144 Å². The molecule has 24 heavy (non-hydrogen) atoms. The van der Waals surface area contributed by atoms with E-state index in [9.17, 15) is 9.59 Å². The molecular weight excluding hydrogens is 326 g/mol. The zero-order valence-electron chi connectivity index (χ0n) is 13.8. The molecule has 3 rings (SSSR count). The number of nitrogens with zero attached hydrogens (tertiary/aromatic N) is 3. The zero-order chi connectivity index (χ0) is 17.3. The van der Waals surface area contributed by atoms with Crippen LogP contribution in [0.1, 0.15) is 44.6 Å². The van der Waals surface area contributed by atoms with E-state index in [1.54, 1.807) is 19.3 Å². The van der Waals surface area contributed by atoms with Crippen molar-refractivity contribution in [1.29, 1.82) is 0 Å². The van der Waals surface area contributed by atoms with Crippen molar-refractivity contribution in [2.24, 2.45) is 12.8 Å². The highest BCUT2D eigenvalue weighted by molar-refractivity contribution is 7.17. The third kappa shape index (κ3) is 3.07. The van der Waals surface area contributed by atoms with Gasteiger partial charge in [0.1, 0.15) is 10.7 Å². The molecule has 0 aliphatic carbocycles.